The zero-order valence-corrected chi connectivity index (χ0v) is 10.4. The lowest BCUT2D eigenvalue weighted by Crippen LogP contribution is -2.13. The highest BCUT2D eigenvalue weighted by molar-refractivity contribution is 4.70. The molecule has 0 heteroatoms. The molecule has 0 aromatic rings. The average Bonchev–Trinajstić information content (AvgIpc) is 2.17. The quantitative estimate of drug-likeness (QED) is 0.578. The lowest BCUT2D eigenvalue weighted by molar-refractivity contribution is 0.259. The second kappa shape index (κ2) is 6.48. The van der Waals surface area contributed by atoms with Gasteiger partial charge in [-0.3, -0.25) is 0 Å². The van der Waals surface area contributed by atoms with Crippen LogP contribution in [-0.2, 0) is 0 Å². The molecule has 0 bridgehead atoms. The van der Waals surface area contributed by atoms with E-state index in [9.17, 15) is 0 Å². The third kappa shape index (κ3) is 4.48. The van der Waals surface area contributed by atoms with E-state index in [1.807, 2.05) is 0 Å². The highest BCUT2D eigenvalue weighted by atomic mass is 14.2. The van der Waals surface area contributed by atoms with Gasteiger partial charge in [0.25, 0.3) is 0 Å². The zero-order valence-electron chi connectivity index (χ0n) is 10.4. The summed E-state index contributed by atoms with van der Waals surface area (Å²) in [4.78, 5) is 0. The smallest absolute Gasteiger partial charge is 0.0412 e. The van der Waals surface area contributed by atoms with E-state index in [-0.39, 0.29) is 0 Å². The molecule has 14 heavy (non-hydrogen) atoms. The molecule has 1 unspecified atom stereocenters. The van der Waals surface area contributed by atoms with Gasteiger partial charge in [-0.25, -0.2) is 0 Å². The van der Waals surface area contributed by atoms with Crippen molar-refractivity contribution in [2.45, 2.75) is 72.1 Å². The molecule has 0 aliphatic heterocycles. The minimum absolute atomic E-state index is 0.892. The van der Waals surface area contributed by atoms with Crippen LogP contribution in [-0.4, -0.2) is 0 Å². The van der Waals surface area contributed by atoms with Gasteiger partial charge >= 0.3 is 0 Å². The molecule has 0 spiro atoms. The van der Waals surface area contributed by atoms with Crippen LogP contribution >= 0.6 is 0 Å². The molecule has 84 valence electrons. The van der Waals surface area contributed by atoms with Gasteiger partial charge in [0, 0.05) is 0 Å². The molecule has 0 N–H and O–H groups in total. The Bertz CT molecular complexity index is 131. The predicted octanol–water partition coefficient (Wildman–Crippen LogP) is 5.03. The van der Waals surface area contributed by atoms with Crippen molar-refractivity contribution in [3.63, 3.8) is 0 Å². The van der Waals surface area contributed by atoms with Crippen molar-refractivity contribution < 1.29 is 0 Å². The van der Waals surface area contributed by atoms with Gasteiger partial charge in [-0.05, 0) is 30.6 Å². The van der Waals surface area contributed by atoms with Gasteiger partial charge in [-0.1, -0.05) is 59.3 Å². The molecule has 0 nitrogen and oxygen atoms in total. The van der Waals surface area contributed by atoms with Gasteiger partial charge < -0.3 is 0 Å². The predicted molar refractivity (Wildman–Crippen MR) is 64.4 cm³/mol. The SMILES string of the molecule is CCC(CC(C)C)CC1CCCCC1. The Morgan fingerprint density at radius 2 is 1.71 bits per heavy atom. The summed E-state index contributed by atoms with van der Waals surface area (Å²) in [6.07, 6.45) is 11.9. The Labute approximate surface area is 90.5 Å². The molecule has 0 heterocycles. The Hall–Kier alpha value is 0. The molecule has 0 aromatic carbocycles. The molecule has 1 aliphatic rings. The Morgan fingerprint density at radius 1 is 1.07 bits per heavy atom. The van der Waals surface area contributed by atoms with Gasteiger partial charge in [0.15, 0.2) is 0 Å². The standard InChI is InChI=1S/C14H28/c1-4-13(10-12(2)3)11-14-8-6-5-7-9-14/h12-14H,4-11H2,1-3H3. The molecular weight excluding hydrogens is 168 g/mol. The molecule has 1 aliphatic carbocycles. The largest absolute Gasteiger partial charge is 0.0651 e. The van der Waals surface area contributed by atoms with E-state index in [0.717, 1.165) is 17.8 Å². The Balaban J connectivity index is 2.23. The zero-order chi connectivity index (χ0) is 10.4. The van der Waals surface area contributed by atoms with Crippen LogP contribution in [0.15, 0.2) is 0 Å². The van der Waals surface area contributed by atoms with E-state index in [4.69, 9.17) is 0 Å². The second-order valence-electron chi connectivity index (χ2n) is 5.64. The first-order chi connectivity index (χ1) is 6.72. The molecular formula is C14H28. The second-order valence-corrected chi connectivity index (χ2v) is 5.64. The van der Waals surface area contributed by atoms with E-state index in [1.165, 1.54) is 51.4 Å². The first-order valence-corrected chi connectivity index (χ1v) is 6.72. The van der Waals surface area contributed by atoms with Crippen molar-refractivity contribution in [3.05, 3.63) is 0 Å². The van der Waals surface area contributed by atoms with Crippen LogP contribution in [0, 0.1) is 17.8 Å². The summed E-state index contributed by atoms with van der Waals surface area (Å²) in [6, 6.07) is 0. The summed E-state index contributed by atoms with van der Waals surface area (Å²) in [6.45, 7) is 7.10. The van der Waals surface area contributed by atoms with Crippen molar-refractivity contribution >= 4 is 0 Å². The average molecular weight is 196 g/mol. The maximum absolute atomic E-state index is 2.37. The molecule has 0 aromatic heterocycles. The van der Waals surface area contributed by atoms with Crippen LogP contribution in [0.4, 0.5) is 0 Å². The van der Waals surface area contributed by atoms with Crippen LogP contribution < -0.4 is 0 Å². The highest BCUT2D eigenvalue weighted by Gasteiger charge is 2.18. The van der Waals surface area contributed by atoms with Crippen molar-refractivity contribution in [3.8, 4) is 0 Å². The molecule has 1 rings (SSSR count). The van der Waals surface area contributed by atoms with Crippen LogP contribution in [0.5, 0.6) is 0 Å². The van der Waals surface area contributed by atoms with Gasteiger partial charge in [0.05, 0.1) is 0 Å². The summed E-state index contributed by atoms with van der Waals surface area (Å²) in [5, 5.41) is 0. The van der Waals surface area contributed by atoms with Crippen LogP contribution in [0.3, 0.4) is 0 Å². The van der Waals surface area contributed by atoms with Gasteiger partial charge in [-0.2, -0.15) is 0 Å². The fourth-order valence-corrected chi connectivity index (χ4v) is 2.99. The summed E-state index contributed by atoms with van der Waals surface area (Å²) in [5.41, 5.74) is 0. The molecule has 0 radical (unpaired) electrons. The fraction of sp³-hybridized carbons (Fsp3) is 1.00. The lowest BCUT2D eigenvalue weighted by Gasteiger charge is -2.26. The Kier molecular flexibility index (Phi) is 5.59. The Morgan fingerprint density at radius 3 is 2.21 bits per heavy atom. The van der Waals surface area contributed by atoms with Crippen molar-refractivity contribution in [1.29, 1.82) is 0 Å². The van der Waals surface area contributed by atoms with Crippen LogP contribution in [0.2, 0.25) is 0 Å². The molecule has 1 saturated carbocycles. The highest BCUT2D eigenvalue weighted by Crippen LogP contribution is 2.32. The minimum atomic E-state index is 0.892. The normalized spacial score (nSPS) is 21.4. The van der Waals surface area contributed by atoms with E-state index < -0.39 is 0 Å². The fourth-order valence-electron chi connectivity index (χ4n) is 2.99. The molecule has 0 amide bonds. The topological polar surface area (TPSA) is 0 Å². The summed E-state index contributed by atoms with van der Waals surface area (Å²) < 4.78 is 0. The van der Waals surface area contributed by atoms with Crippen LogP contribution in [0.25, 0.3) is 0 Å². The summed E-state index contributed by atoms with van der Waals surface area (Å²) >= 11 is 0. The lowest BCUT2D eigenvalue weighted by atomic mass is 9.79. The van der Waals surface area contributed by atoms with Crippen molar-refractivity contribution in [1.82, 2.24) is 0 Å². The third-order valence-electron chi connectivity index (χ3n) is 3.77. The summed E-state index contributed by atoms with van der Waals surface area (Å²) in [7, 11) is 0. The van der Waals surface area contributed by atoms with Gasteiger partial charge in [0.2, 0.25) is 0 Å². The van der Waals surface area contributed by atoms with Gasteiger partial charge in [0.1, 0.15) is 0 Å². The molecule has 1 fully saturated rings. The third-order valence-corrected chi connectivity index (χ3v) is 3.77. The van der Waals surface area contributed by atoms with E-state index in [2.05, 4.69) is 20.8 Å². The first-order valence-electron chi connectivity index (χ1n) is 6.72. The van der Waals surface area contributed by atoms with E-state index in [0.29, 0.717) is 0 Å². The maximum atomic E-state index is 2.37. The summed E-state index contributed by atoms with van der Waals surface area (Å²) in [5.74, 6) is 2.98. The van der Waals surface area contributed by atoms with E-state index in [1.54, 1.807) is 0 Å². The molecule has 1 atom stereocenters. The van der Waals surface area contributed by atoms with Gasteiger partial charge in [-0.15, -0.1) is 0 Å². The maximum Gasteiger partial charge on any atom is -0.0412 e. The number of rotatable bonds is 5. The molecule has 0 saturated heterocycles. The first kappa shape index (κ1) is 12.1. The van der Waals surface area contributed by atoms with E-state index >= 15 is 0 Å². The number of hydrogen-bond donors (Lipinski definition) is 0. The monoisotopic (exact) mass is 196 g/mol. The minimum Gasteiger partial charge on any atom is -0.0651 e. The van der Waals surface area contributed by atoms with Crippen molar-refractivity contribution in [2.24, 2.45) is 17.8 Å². The van der Waals surface area contributed by atoms with Crippen LogP contribution in [0.1, 0.15) is 72.1 Å². The number of hydrogen-bond acceptors (Lipinski definition) is 0. The van der Waals surface area contributed by atoms with Crippen molar-refractivity contribution in [2.75, 3.05) is 0 Å².